The molecule has 0 aromatic heterocycles. The average molecular weight is 378 g/mol. The lowest BCUT2D eigenvalue weighted by Gasteiger charge is -2.21. The maximum Gasteiger partial charge on any atom is 0.262 e. The number of carbonyl (C=O) groups excluding carboxylic acids is 1. The van der Waals surface area contributed by atoms with E-state index in [4.69, 9.17) is 0 Å². The van der Waals surface area contributed by atoms with Crippen molar-refractivity contribution in [2.24, 2.45) is 10.9 Å². The molecule has 1 aromatic rings. The second-order valence-electron chi connectivity index (χ2n) is 7.16. The summed E-state index contributed by atoms with van der Waals surface area (Å²) < 4.78 is 27.4. The maximum absolute atomic E-state index is 12.5. The van der Waals surface area contributed by atoms with Crippen LogP contribution in [0.25, 0.3) is 0 Å². The number of carbonyl (C=O) groups is 1. The minimum Gasteiger partial charge on any atom is -0.326 e. The van der Waals surface area contributed by atoms with Crippen molar-refractivity contribution in [3.05, 3.63) is 24.3 Å². The SMILES string of the molecule is O=C(CCC1CCCCC1)Nc1cccc(S(=O)(=O)NC2=NCCC2)c1. The number of hydrogen-bond acceptors (Lipinski definition) is 4. The van der Waals surface area contributed by atoms with Crippen LogP contribution in [-0.4, -0.2) is 26.7 Å². The largest absolute Gasteiger partial charge is 0.326 e. The standard InChI is InChI=1S/C19H27N3O3S/c23-19(12-11-15-6-2-1-3-7-15)21-16-8-4-9-17(14-16)26(24,25)22-18-10-5-13-20-18/h4,8-9,14-15H,1-3,5-7,10-13H2,(H,20,22)(H,21,23). The monoisotopic (exact) mass is 377 g/mol. The van der Waals surface area contributed by atoms with E-state index < -0.39 is 10.0 Å². The molecule has 1 heterocycles. The molecule has 142 valence electrons. The van der Waals surface area contributed by atoms with E-state index in [1.54, 1.807) is 12.1 Å². The molecule has 7 heteroatoms. The van der Waals surface area contributed by atoms with Gasteiger partial charge in [-0.2, -0.15) is 0 Å². The van der Waals surface area contributed by atoms with Gasteiger partial charge in [0, 0.05) is 25.1 Å². The van der Waals surface area contributed by atoms with E-state index in [1.807, 2.05) is 0 Å². The molecule has 0 saturated heterocycles. The van der Waals surface area contributed by atoms with Crippen molar-refractivity contribution in [3.63, 3.8) is 0 Å². The van der Waals surface area contributed by atoms with Crippen LogP contribution in [0.15, 0.2) is 34.2 Å². The number of anilines is 1. The van der Waals surface area contributed by atoms with Crippen LogP contribution in [0, 0.1) is 5.92 Å². The van der Waals surface area contributed by atoms with E-state index in [9.17, 15) is 13.2 Å². The van der Waals surface area contributed by atoms with Crippen molar-refractivity contribution in [2.45, 2.75) is 62.7 Å². The molecule has 1 saturated carbocycles. The van der Waals surface area contributed by atoms with E-state index in [1.165, 1.54) is 44.2 Å². The van der Waals surface area contributed by atoms with Crippen LogP contribution in [0.1, 0.15) is 57.8 Å². The zero-order valence-corrected chi connectivity index (χ0v) is 15.9. The first kappa shape index (κ1) is 18.9. The number of nitrogens with one attached hydrogen (secondary N) is 2. The van der Waals surface area contributed by atoms with Crippen LogP contribution in [0.4, 0.5) is 5.69 Å². The molecule has 1 aliphatic heterocycles. The Morgan fingerprint density at radius 2 is 1.96 bits per heavy atom. The lowest BCUT2D eigenvalue weighted by atomic mass is 9.86. The fraction of sp³-hybridized carbons (Fsp3) is 0.579. The molecule has 1 aromatic carbocycles. The van der Waals surface area contributed by atoms with Gasteiger partial charge in [0.05, 0.1) is 4.90 Å². The van der Waals surface area contributed by atoms with Crippen LogP contribution >= 0.6 is 0 Å². The summed E-state index contributed by atoms with van der Waals surface area (Å²) in [6, 6.07) is 6.37. The highest BCUT2D eigenvalue weighted by Gasteiger charge is 2.19. The lowest BCUT2D eigenvalue weighted by molar-refractivity contribution is -0.116. The van der Waals surface area contributed by atoms with E-state index >= 15 is 0 Å². The molecule has 6 nitrogen and oxygen atoms in total. The summed E-state index contributed by atoms with van der Waals surface area (Å²) in [4.78, 5) is 16.5. The van der Waals surface area contributed by atoms with Crippen molar-refractivity contribution in [1.82, 2.24) is 4.72 Å². The van der Waals surface area contributed by atoms with Gasteiger partial charge in [-0.05, 0) is 37.0 Å². The van der Waals surface area contributed by atoms with Gasteiger partial charge < -0.3 is 5.32 Å². The Hall–Kier alpha value is -1.89. The first-order valence-corrected chi connectivity index (χ1v) is 11.0. The highest BCUT2D eigenvalue weighted by atomic mass is 32.2. The third-order valence-corrected chi connectivity index (χ3v) is 6.44. The number of benzene rings is 1. The fourth-order valence-electron chi connectivity index (χ4n) is 3.61. The van der Waals surface area contributed by atoms with Gasteiger partial charge >= 0.3 is 0 Å². The fourth-order valence-corrected chi connectivity index (χ4v) is 4.75. The Balaban J connectivity index is 1.57. The second kappa shape index (κ2) is 8.66. The number of aliphatic imine (C=N–C) groups is 1. The second-order valence-corrected chi connectivity index (χ2v) is 8.84. The summed E-state index contributed by atoms with van der Waals surface area (Å²) in [6.45, 7) is 0.662. The number of sulfonamides is 1. The number of amidine groups is 1. The number of amides is 1. The van der Waals surface area contributed by atoms with E-state index in [0.29, 0.717) is 36.8 Å². The Labute approximate surface area is 155 Å². The summed E-state index contributed by atoms with van der Waals surface area (Å²) in [5.74, 6) is 1.10. The molecule has 26 heavy (non-hydrogen) atoms. The Kier molecular flexibility index (Phi) is 6.29. The van der Waals surface area contributed by atoms with Crippen molar-refractivity contribution in [3.8, 4) is 0 Å². The van der Waals surface area contributed by atoms with Crippen molar-refractivity contribution in [1.29, 1.82) is 0 Å². The molecule has 0 atom stereocenters. The Morgan fingerprint density at radius 3 is 2.69 bits per heavy atom. The van der Waals surface area contributed by atoms with E-state index in [-0.39, 0.29) is 10.8 Å². The zero-order chi connectivity index (χ0) is 18.4. The van der Waals surface area contributed by atoms with Gasteiger partial charge in [0.2, 0.25) is 5.91 Å². The van der Waals surface area contributed by atoms with Gasteiger partial charge in [-0.1, -0.05) is 38.2 Å². The summed E-state index contributed by atoms with van der Waals surface area (Å²) in [7, 11) is -3.66. The highest BCUT2D eigenvalue weighted by molar-refractivity contribution is 7.90. The molecule has 0 radical (unpaired) electrons. The molecule has 1 fully saturated rings. The minimum absolute atomic E-state index is 0.0572. The van der Waals surface area contributed by atoms with Crippen LogP contribution in [0.2, 0.25) is 0 Å². The molecule has 2 N–H and O–H groups in total. The highest BCUT2D eigenvalue weighted by Crippen LogP contribution is 2.27. The topological polar surface area (TPSA) is 87.6 Å². The summed E-state index contributed by atoms with van der Waals surface area (Å²) in [5, 5.41) is 2.83. The molecule has 0 spiro atoms. The molecular formula is C19H27N3O3S. The molecule has 0 bridgehead atoms. The third-order valence-electron chi connectivity index (χ3n) is 5.06. The van der Waals surface area contributed by atoms with Gasteiger partial charge in [-0.3, -0.25) is 14.5 Å². The van der Waals surface area contributed by atoms with Crippen molar-refractivity contribution >= 4 is 27.5 Å². The molecule has 1 aliphatic carbocycles. The maximum atomic E-state index is 12.5. The van der Waals surface area contributed by atoms with Gasteiger partial charge in [0.1, 0.15) is 5.84 Å². The van der Waals surface area contributed by atoms with Crippen molar-refractivity contribution < 1.29 is 13.2 Å². The first-order valence-electron chi connectivity index (χ1n) is 9.49. The zero-order valence-electron chi connectivity index (χ0n) is 15.0. The normalized spacial score (nSPS) is 18.4. The van der Waals surface area contributed by atoms with Crippen molar-refractivity contribution in [2.75, 3.05) is 11.9 Å². The van der Waals surface area contributed by atoms with Crippen LogP contribution in [0.5, 0.6) is 0 Å². The number of hydrogen-bond donors (Lipinski definition) is 2. The predicted molar refractivity (Wildman–Crippen MR) is 103 cm³/mol. The average Bonchev–Trinajstić information content (AvgIpc) is 3.13. The smallest absolute Gasteiger partial charge is 0.262 e. The van der Waals surface area contributed by atoms with Crippen LogP contribution < -0.4 is 10.0 Å². The molecule has 3 rings (SSSR count). The number of nitrogens with zero attached hydrogens (tertiary/aromatic N) is 1. The quantitative estimate of drug-likeness (QED) is 0.796. The van der Waals surface area contributed by atoms with Crippen LogP contribution in [0.3, 0.4) is 0 Å². The summed E-state index contributed by atoms with van der Waals surface area (Å²) >= 11 is 0. The predicted octanol–water partition coefficient (Wildman–Crippen LogP) is 3.46. The van der Waals surface area contributed by atoms with Crippen LogP contribution in [-0.2, 0) is 14.8 Å². The van der Waals surface area contributed by atoms with E-state index in [2.05, 4.69) is 15.0 Å². The molecule has 0 unspecified atom stereocenters. The first-order chi connectivity index (χ1) is 12.5. The summed E-state index contributed by atoms with van der Waals surface area (Å²) in [6.07, 6.45) is 9.19. The summed E-state index contributed by atoms with van der Waals surface area (Å²) in [5.41, 5.74) is 0.509. The van der Waals surface area contributed by atoms with E-state index in [0.717, 1.165) is 12.8 Å². The lowest BCUT2D eigenvalue weighted by Crippen LogP contribution is -2.29. The molecular weight excluding hydrogens is 350 g/mol. The minimum atomic E-state index is -3.66. The van der Waals surface area contributed by atoms with Gasteiger partial charge in [0.15, 0.2) is 0 Å². The number of rotatable bonds is 6. The third kappa shape index (κ3) is 5.30. The Morgan fingerprint density at radius 1 is 1.15 bits per heavy atom. The molecule has 1 amide bonds. The molecule has 2 aliphatic rings. The van der Waals surface area contributed by atoms with Gasteiger partial charge in [-0.25, -0.2) is 8.42 Å². The Bertz CT molecular complexity index is 768. The van der Waals surface area contributed by atoms with Gasteiger partial charge in [0.25, 0.3) is 10.0 Å². The van der Waals surface area contributed by atoms with Gasteiger partial charge in [-0.15, -0.1) is 0 Å².